The molecule has 0 saturated heterocycles. The zero-order valence-corrected chi connectivity index (χ0v) is 12.9. The van der Waals surface area contributed by atoms with E-state index in [-0.39, 0.29) is 12.5 Å². The fourth-order valence-electron chi connectivity index (χ4n) is 2.70. The molecule has 0 spiro atoms. The number of benzene rings is 1. The van der Waals surface area contributed by atoms with E-state index < -0.39 is 0 Å². The molecule has 0 aromatic heterocycles. The quantitative estimate of drug-likeness (QED) is 0.919. The van der Waals surface area contributed by atoms with Gasteiger partial charge in [0.2, 0.25) is 0 Å². The highest BCUT2D eigenvalue weighted by Crippen LogP contribution is 2.24. The van der Waals surface area contributed by atoms with E-state index in [1.54, 1.807) is 12.1 Å². The lowest BCUT2D eigenvalue weighted by Gasteiger charge is -2.29. The smallest absolute Gasteiger partial charge is 0.258 e. The van der Waals surface area contributed by atoms with Gasteiger partial charge in [0.15, 0.2) is 6.61 Å². The van der Waals surface area contributed by atoms with Crippen LogP contribution in [0.4, 0.5) is 0 Å². The van der Waals surface area contributed by atoms with Crippen molar-refractivity contribution in [2.24, 2.45) is 5.92 Å². The molecule has 2 atom stereocenters. The summed E-state index contributed by atoms with van der Waals surface area (Å²) < 4.78 is 5.56. The lowest BCUT2D eigenvalue weighted by atomic mass is 9.86. The summed E-state index contributed by atoms with van der Waals surface area (Å²) in [5.74, 6) is 1.23. The Balaban J connectivity index is 1.82. The number of nitrogens with one attached hydrogen (secondary N) is 1. The van der Waals surface area contributed by atoms with Crippen molar-refractivity contribution in [3.05, 3.63) is 28.8 Å². The van der Waals surface area contributed by atoms with Gasteiger partial charge < -0.3 is 10.1 Å². The predicted octanol–water partition coefficient (Wildman–Crippen LogP) is 3.72. The molecular formula is C16H22ClNO2. The maximum atomic E-state index is 11.9. The second kappa shape index (κ2) is 6.98. The first-order chi connectivity index (χ1) is 9.56. The molecule has 4 heteroatoms. The molecule has 0 aliphatic heterocycles. The van der Waals surface area contributed by atoms with Crippen molar-refractivity contribution in [3.8, 4) is 5.75 Å². The fraction of sp³-hybridized carbons (Fsp3) is 0.562. The van der Waals surface area contributed by atoms with Gasteiger partial charge >= 0.3 is 0 Å². The minimum atomic E-state index is -0.0434. The second-order valence-electron chi connectivity index (χ2n) is 5.63. The van der Waals surface area contributed by atoms with Gasteiger partial charge in [-0.3, -0.25) is 4.79 Å². The highest BCUT2D eigenvalue weighted by molar-refractivity contribution is 6.30. The zero-order chi connectivity index (χ0) is 14.5. The number of aryl methyl sites for hydroxylation is 1. The molecular weight excluding hydrogens is 274 g/mol. The number of hydrogen-bond acceptors (Lipinski definition) is 2. The average Bonchev–Trinajstić information content (AvgIpc) is 2.40. The molecule has 1 amide bonds. The Morgan fingerprint density at radius 1 is 1.40 bits per heavy atom. The van der Waals surface area contributed by atoms with Gasteiger partial charge in [-0.25, -0.2) is 0 Å². The predicted molar refractivity (Wildman–Crippen MR) is 81.2 cm³/mol. The first-order valence-corrected chi connectivity index (χ1v) is 7.62. The molecule has 20 heavy (non-hydrogen) atoms. The van der Waals surface area contributed by atoms with Crippen molar-refractivity contribution < 1.29 is 9.53 Å². The van der Waals surface area contributed by atoms with Crippen LogP contribution in [-0.2, 0) is 4.79 Å². The summed E-state index contributed by atoms with van der Waals surface area (Å²) in [5, 5.41) is 3.76. The van der Waals surface area contributed by atoms with E-state index >= 15 is 0 Å². The number of carbonyl (C=O) groups excluding carboxylic acids is 1. The lowest BCUT2D eigenvalue weighted by molar-refractivity contribution is -0.124. The van der Waals surface area contributed by atoms with Crippen molar-refractivity contribution in [1.29, 1.82) is 0 Å². The fourth-order valence-corrected chi connectivity index (χ4v) is 2.92. The monoisotopic (exact) mass is 295 g/mol. The lowest BCUT2D eigenvalue weighted by Crippen LogP contribution is -2.43. The van der Waals surface area contributed by atoms with Gasteiger partial charge in [-0.05, 0) is 49.4 Å². The van der Waals surface area contributed by atoms with E-state index in [4.69, 9.17) is 16.3 Å². The Kier molecular flexibility index (Phi) is 5.30. The van der Waals surface area contributed by atoms with Crippen LogP contribution in [0.2, 0.25) is 5.02 Å². The molecule has 1 aromatic rings. The molecule has 110 valence electrons. The van der Waals surface area contributed by atoms with E-state index in [1.807, 2.05) is 13.0 Å². The maximum Gasteiger partial charge on any atom is 0.258 e. The highest BCUT2D eigenvalue weighted by atomic mass is 35.5. The van der Waals surface area contributed by atoms with Gasteiger partial charge in [-0.2, -0.15) is 0 Å². The molecule has 1 fully saturated rings. The molecule has 1 aromatic carbocycles. The summed E-state index contributed by atoms with van der Waals surface area (Å²) >= 11 is 5.89. The summed E-state index contributed by atoms with van der Waals surface area (Å²) in [6.07, 6.45) is 4.75. The van der Waals surface area contributed by atoms with Crippen molar-refractivity contribution >= 4 is 17.5 Å². The van der Waals surface area contributed by atoms with E-state index in [0.717, 1.165) is 12.0 Å². The van der Waals surface area contributed by atoms with E-state index in [2.05, 4.69) is 12.2 Å². The summed E-state index contributed by atoms with van der Waals surface area (Å²) in [4.78, 5) is 11.9. The van der Waals surface area contributed by atoms with Crippen LogP contribution < -0.4 is 10.1 Å². The maximum absolute atomic E-state index is 11.9. The number of carbonyl (C=O) groups is 1. The standard InChI is InChI=1S/C16H22ClNO2/c1-11-5-3-4-6-14(11)18-16(19)10-20-15-8-7-13(17)9-12(15)2/h7-9,11,14H,3-6,10H2,1-2H3,(H,18,19). The Labute approximate surface area is 125 Å². The molecule has 0 radical (unpaired) electrons. The second-order valence-corrected chi connectivity index (χ2v) is 6.07. The van der Waals surface area contributed by atoms with Crippen molar-refractivity contribution in [3.63, 3.8) is 0 Å². The number of amides is 1. The van der Waals surface area contributed by atoms with Crippen LogP contribution in [0.15, 0.2) is 18.2 Å². The Morgan fingerprint density at radius 3 is 2.85 bits per heavy atom. The van der Waals surface area contributed by atoms with E-state index in [9.17, 15) is 4.79 Å². The first kappa shape index (κ1) is 15.2. The Bertz CT molecular complexity index is 476. The van der Waals surface area contributed by atoms with Crippen LogP contribution in [0.3, 0.4) is 0 Å². The van der Waals surface area contributed by atoms with Crippen LogP contribution in [0.1, 0.15) is 38.2 Å². The topological polar surface area (TPSA) is 38.3 Å². The SMILES string of the molecule is Cc1cc(Cl)ccc1OCC(=O)NC1CCCCC1C. The molecule has 1 aliphatic carbocycles. The number of ether oxygens (including phenoxy) is 1. The average molecular weight is 296 g/mol. The van der Waals surface area contributed by atoms with Gasteiger partial charge in [-0.1, -0.05) is 31.4 Å². The minimum Gasteiger partial charge on any atom is -0.484 e. The number of hydrogen-bond donors (Lipinski definition) is 1. The third-order valence-electron chi connectivity index (χ3n) is 3.95. The first-order valence-electron chi connectivity index (χ1n) is 7.24. The molecule has 2 rings (SSSR count). The van der Waals surface area contributed by atoms with Crippen LogP contribution in [0, 0.1) is 12.8 Å². The molecule has 2 unspecified atom stereocenters. The molecule has 0 bridgehead atoms. The van der Waals surface area contributed by atoms with Crippen LogP contribution in [0.25, 0.3) is 0 Å². The largest absolute Gasteiger partial charge is 0.484 e. The minimum absolute atomic E-state index is 0.0434. The Hall–Kier alpha value is -1.22. The normalized spacial score (nSPS) is 22.4. The summed E-state index contributed by atoms with van der Waals surface area (Å²) in [7, 11) is 0. The zero-order valence-electron chi connectivity index (χ0n) is 12.1. The van der Waals surface area contributed by atoms with Crippen molar-refractivity contribution in [1.82, 2.24) is 5.32 Å². The molecule has 1 aliphatic rings. The van der Waals surface area contributed by atoms with E-state index in [0.29, 0.717) is 22.7 Å². The van der Waals surface area contributed by atoms with Gasteiger partial charge in [-0.15, -0.1) is 0 Å². The van der Waals surface area contributed by atoms with Crippen molar-refractivity contribution in [2.45, 2.75) is 45.6 Å². The van der Waals surface area contributed by atoms with E-state index in [1.165, 1.54) is 19.3 Å². The number of halogens is 1. The molecule has 0 heterocycles. The summed E-state index contributed by atoms with van der Waals surface area (Å²) in [6, 6.07) is 5.70. The molecule has 1 saturated carbocycles. The van der Waals surface area contributed by atoms with Crippen LogP contribution in [-0.4, -0.2) is 18.6 Å². The third kappa shape index (κ3) is 4.14. The summed E-state index contributed by atoms with van der Waals surface area (Å²) in [5.41, 5.74) is 0.941. The molecule has 1 N–H and O–H groups in total. The van der Waals surface area contributed by atoms with Gasteiger partial charge in [0.05, 0.1) is 0 Å². The van der Waals surface area contributed by atoms with Crippen molar-refractivity contribution in [2.75, 3.05) is 6.61 Å². The highest BCUT2D eigenvalue weighted by Gasteiger charge is 2.22. The van der Waals surface area contributed by atoms with Gasteiger partial charge in [0.1, 0.15) is 5.75 Å². The summed E-state index contributed by atoms with van der Waals surface area (Å²) in [6.45, 7) is 4.18. The van der Waals surface area contributed by atoms with Crippen LogP contribution in [0.5, 0.6) is 5.75 Å². The third-order valence-corrected chi connectivity index (χ3v) is 4.19. The van der Waals surface area contributed by atoms with Crippen LogP contribution >= 0.6 is 11.6 Å². The van der Waals surface area contributed by atoms with Gasteiger partial charge in [0.25, 0.3) is 5.91 Å². The van der Waals surface area contributed by atoms with Gasteiger partial charge in [0, 0.05) is 11.1 Å². The Morgan fingerprint density at radius 2 is 2.15 bits per heavy atom. The number of rotatable bonds is 4. The molecule has 3 nitrogen and oxygen atoms in total.